The molecule has 4 heteroatoms. The van der Waals surface area contributed by atoms with E-state index in [4.69, 9.17) is 4.74 Å². The summed E-state index contributed by atoms with van der Waals surface area (Å²) in [4.78, 5) is 14.8. The molecule has 1 heterocycles. The predicted molar refractivity (Wildman–Crippen MR) is 82.7 cm³/mol. The third-order valence-electron chi connectivity index (χ3n) is 3.03. The number of rotatable bonds is 5. The van der Waals surface area contributed by atoms with Gasteiger partial charge in [0.05, 0.1) is 12.7 Å². The van der Waals surface area contributed by atoms with Gasteiger partial charge in [-0.3, -0.25) is 4.79 Å². The van der Waals surface area contributed by atoms with Crippen LogP contribution in [-0.4, -0.2) is 19.1 Å². The van der Waals surface area contributed by atoms with Gasteiger partial charge in [-0.15, -0.1) is 11.3 Å². The number of nitrogens with one attached hydrogen (secondary N) is 1. The van der Waals surface area contributed by atoms with Crippen LogP contribution in [0, 0.1) is 6.92 Å². The smallest absolute Gasteiger partial charge is 0.255 e. The maximum absolute atomic E-state index is 12.2. The zero-order valence-corrected chi connectivity index (χ0v) is 12.8. The van der Waals surface area contributed by atoms with Crippen molar-refractivity contribution < 1.29 is 9.53 Å². The molecule has 3 nitrogen and oxygen atoms in total. The average molecular weight is 289 g/mol. The Labute approximate surface area is 123 Å². The van der Waals surface area contributed by atoms with E-state index in [0.717, 1.165) is 6.42 Å². The normalized spacial score (nSPS) is 11.9. The lowest BCUT2D eigenvalue weighted by atomic mass is 10.1. The summed E-state index contributed by atoms with van der Waals surface area (Å²) in [7, 11) is 1.57. The van der Waals surface area contributed by atoms with Crippen molar-refractivity contribution in [1.82, 2.24) is 5.32 Å². The Morgan fingerprint density at radius 1 is 1.30 bits per heavy atom. The largest absolute Gasteiger partial charge is 0.496 e. The number of hydrogen-bond acceptors (Lipinski definition) is 3. The number of carbonyl (C=O) groups excluding carboxylic acids is 1. The minimum atomic E-state index is -0.0942. The summed E-state index contributed by atoms with van der Waals surface area (Å²) in [6, 6.07) is 11.6. The van der Waals surface area contributed by atoms with Crippen LogP contribution in [0.15, 0.2) is 36.4 Å². The second-order valence-electron chi connectivity index (χ2n) is 4.79. The summed E-state index contributed by atoms with van der Waals surface area (Å²) in [5, 5.41) is 3.02. The lowest BCUT2D eigenvalue weighted by molar-refractivity contribution is 0.0937. The molecule has 0 aliphatic heterocycles. The van der Waals surface area contributed by atoms with Crippen LogP contribution in [0.4, 0.5) is 0 Å². The van der Waals surface area contributed by atoms with Crippen molar-refractivity contribution in [2.45, 2.75) is 26.3 Å². The summed E-state index contributed by atoms with van der Waals surface area (Å²) in [6.45, 7) is 4.11. The van der Waals surface area contributed by atoms with E-state index < -0.39 is 0 Å². The van der Waals surface area contributed by atoms with Crippen molar-refractivity contribution in [2.24, 2.45) is 0 Å². The molecule has 1 amide bonds. The van der Waals surface area contributed by atoms with Crippen molar-refractivity contribution in [1.29, 1.82) is 0 Å². The first-order valence-corrected chi connectivity index (χ1v) is 7.41. The van der Waals surface area contributed by atoms with Gasteiger partial charge in [0, 0.05) is 22.2 Å². The van der Waals surface area contributed by atoms with Gasteiger partial charge in [-0.1, -0.05) is 12.1 Å². The molecule has 106 valence electrons. The molecule has 0 aliphatic carbocycles. The van der Waals surface area contributed by atoms with Crippen molar-refractivity contribution in [3.8, 4) is 5.75 Å². The molecule has 2 aromatic rings. The Bertz CT molecular complexity index is 592. The molecule has 0 bridgehead atoms. The van der Waals surface area contributed by atoms with Gasteiger partial charge in [0.15, 0.2) is 0 Å². The standard InChI is InChI=1S/C16H19NO2S/c1-11(10-13-9-8-12(2)20-13)17-16(18)14-6-4-5-7-15(14)19-3/h4-9,11H,10H2,1-3H3,(H,17,18). The lowest BCUT2D eigenvalue weighted by Gasteiger charge is -2.14. The van der Waals surface area contributed by atoms with E-state index in [2.05, 4.69) is 24.4 Å². The van der Waals surface area contributed by atoms with Crippen molar-refractivity contribution in [3.05, 3.63) is 51.7 Å². The van der Waals surface area contributed by atoms with Crippen LogP contribution >= 0.6 is 11.3 Å². The molecule has 0 radical (unpaired) electrons. The van der Waals surface area contributed by atoms with Gasteiger partial charge in [-0.2, -0.15) is 0 Å². The summed E-state index contributed by atoms with van der Waals surface area (Å²) in [6.07, 6.45) is 0.847. The quantitative estimate of drug-likeness (QED) is 0.916. The number of benzene rings is 1. The number of para-hydroxylation sites is 1. The van der Waals surface area contributed by atoms with E-state index in [9.17, 15) is 4.79 Å². The van der Waals surface area contributed by atoms with E-state index >= 15 is 0 Å². The summed E-state index contributed by atoms with van der Waals surface area (Å²) in [5.74, 6) is 0.507. The van der Waals surface area contributed by atoms with Gasteiger partial charge in [0.2, 0.25) is 0 Å². The summed E-state index contributed by atoms with van der Waals surface area (Å²) >= 11 is 1.77. The monoisotopic (exact) mass is 289 g/mol. The van der Waals surface area contributed by atoms with Crippen LogP contribution in [-0.2, 0) is 6.42 Å². The lowest BCUT2D eigenvalue weighted by Crippen LogP contribution is -2.34. The number of carbonyl (C=O) groups is 1. The van der Waals surface area contributed by atoms with E-state index in [1.54, 1.807) is 30.6 Å². The minimum Gasteiger partial charge on any atom is -0.496 e. The number of thiophene rings is 1. The van der Waals surface area contributed by atoms with Gasteiger partial charge >= 0.3 is 0 Å². The fourth-order valence-corrected chi connectivity index (χ4v) is 3.10. The molecule has 0 aliphatic rings. The number of ether oxygens (including phenoxy) is 1. The zero-order valence-electron chi connectivity index (χ0n) is 12.0. The van der Waals surface area contributed by atoms with E-state index in [-0.39, 0.29) is 11.9 Å². The Hall–Kier alpha value is -1.81. The Kier molecular flexibility index (Phi) is 4.79. The number of hydrogen-bond donors (Lipinski definition) is 1. The van der Waals surface area contributed by atoms with Gasteiger partial charge in [0.1, 0.15) is 5.75 Å². The van der Waals surface area contributed by atoms with E-state index in [0.29, 0.717) is 11.3 Å². The maximum Gasteiger partial charge on any atom is 0.255 e. The molecule has 1 aromatic heterocycles. The minimum absolute atomic E-state index is 0.0884. The molecule has 20 heavy (non-hydrogen) atoms. The van der Waals surface area contributed by atoms with Crippen LogP contribution in [0.25, 0.3) is 0 Å². The van der Waals surface area contributed by atoms with Crippen molar-refractivity contribution in [3.63, 3.8) is 0 Å². The third-order valence-corrected chi connectivity index (χ3v) is 4.06. The molecule has 0 spiro atoms. The number of methoxy groups -OCH3 is 1. The summed E-state index contributed by atoms with van der Waals surface area (Å²) in [5.41, 5.74) is 0.573. The average Bonchev–Trinajstić information content (AvgIpc) is 2.83. The highest BCUT2D eigenvalue weighted by Crippen LogP contribution is 2.19. The SMILES string of the molecule is COc1ccccc1C(=O)NC(C)Cc1ccc(C)s1. The van der Waals surface area contributed by atoms with Gasteiger partial charge in [0.25, 0.3) is 5.91 Å². The third kappa shape index (κ3) is 3.61. The molecular weight excluding hydrogens is 270 g/mol. The van der Waals surface area contributed by atoms with E-state index in [1.165, 1.54) is 9.75 Å². The Balaban J connectivity index is 2.00. The van der Waals surface area contributed by atoms with E-state index in [1.807, 2.05) is 19.1 Å². The Morgan fingerprint density at radius 2 is 2.05 bits per heavy atom. The maximum atomic E-state index is 12.2. The highest BCUT2D eigenvalue weighted by atomic mass is 32.1. The topological polar surface area (TPSA) is 38.3 Å². The first-order chi connectivity index (χ1) is 9.60. The first kappa shape index (κ1) is 14.6. The predicted octanol–water partition coefficient (Wildman–Crippen LogP) is 3.43. The van der Waals surface area contributed by atoms with Gasteiger partial charge < -0.3 is 10.1 Å². The highest BCUT2D eigenvalue weighted by Gasteiger charge is 2.14. The van der Waals surface area contributed by atoms with Crippen LogP contribution in [0.5, 0.6) is 5.75 Å². The number of aryl methyl sites for hydroxylation is 1. The molecular formula is C16H19NO2S. The second kappa shape index (κ2) is 6.57. The molecule has 0 saturated carbocycles. The fraction of sp³-hybridized carbons (Fsp3) is 0.312. The van der Waals surface area contributed by atoms with Gasteiger partial charge in [-0.05, 0) is 38.1 Å². The number of amides is 1. The van der Waals surface area contributed by atoms with Crippen LogP contribution < -0.4 is 10.1 Å². The second-order valence-corrected chi connectivity index (χ2v) is 6.16. The molecule has 1 unspecified atom stereocenters. The highest BCUT2D eigenvalue weighted by molar-refractivity contribution is 7.11. The van der Waals surface area contributed by atoms with Crippen LogP contribution in [0.1, 0.15) is 27.0 Å². The molecule has 1 atom stereocenters. The fourth-order valence-electron chi connectivity index (χ4n) is 2.08. The molecule has 2 rings (SSSR count). The van der Waals surface area contributed by atoms with Crippen molar-refractivity contribution in [2.75, 3.05) is 7.11 Å². The van der Waals surface area contributed by atoms with Crippen LogP contribution in [0.3, 0.4) is 0 Å². The van der Waals surface area contributed by atoms with Crippen LogP contribution in [0.2, 0.25) is 0 Å². The van der Waals surface area contributed by atoms with Gasteiger partial charge in [-0.25, -0.2) is 0 Å². The van der Waals surface area contributed by atoms with Crippen molar-refractivity contribution >= 4 is 17.2 Å². The summed E-state index contributed by atoms with van der Waals surface area (Å²) < 4.78 is 5.21. The zero-order chi connectivity index (χ0) is 14.5. The first-order valence-electron chi connectivity index (χ1n) is 6.59. The molecule has 1 N–H and O–H groups in total. The molecule has 0 fully saturated rings. The molecule has 1 aromatic carbocycles. The molecule has 0 saturated heterocycles. The Morgan fingerprint density at radius 3 is 2.70 bits per heavy atom.